The van der Waals surface area contributed by atoms with Crippen LogP contribution in [0.4, 0.5) is 5.13 Å². The van der Waals surface area contributed by atoms with Crippen LogP contribution in [0, 0.1) is 0 Å². The van der Waals surface area contributed by atoms with E-state index in [2.05, 4.69) is 32.8 Å². The quantitative estimate of drug-likeness (QED) is 0.846. The van der Waals surface area contributed by atoms with Crippen LogP contribution < -0.4 is 10.6 Å². The maximum Gasteiger partial charge on any atom is 0.282 e. The Hall–Kier alpha value is -1.21. The van der Waals surface area contributed by atoms with Crippen molar-refractivity contribution in [2.75, 3.05) is 32.5 Å². The van der Waals surface area contributed by atoms with E-state index in [9.17, 15) is 4.79 Å². The summed E-state index contributed by atoms with van der Waals surface area (Å²) in [6.07, 6.45) is 3.64. The normalized spacial score (nSPS) is 20.7. The number of hydrogen-bond acceptors (Lipinski definition) is 6. The van der Waals surface area contributed by atoms with E-state index in [1.54, 1.807) is 7.05 Å². The highest BCUT2D eigenvalue weighted by Gasteiger charge is 2.20. The van der Waals surface area contributed by atoms with E-state index in [1.807, 2.05) is 0 Å². The van der Waals surface area contributed by atoms with Gasteiger partial charge in [0.1, 0.15) is 0 Å². The minimum absolute atomic E-state index is 0.132. The molecule has 1 fully saturated rings. The monoisotopic (exact) mass is 269 g/mol. The van der Waals surface area contributed by atoms with Crippen LogP contribution in [0.25, 0.3) is 0 Å². The van der Waals surface area contributed by atoms with Gasteiger partial charge >= 0.3 is 0 Å². The van der Waals surface area contributed by atoms with Crippen molar-refractivity contribution >= 4 is 22.4 Å². The van der Waals surface area contributed by atoms with Gasteiger partial charge in [0.2, 0.25) is 10.1 Å². The average Bonchev–Trinajstić information content (AvgIpc) is 2.86. The second kappa shape index (κ2) is 6.10. The molecule has 0 aliphatic carbocycles. The lowest BCUT2D eigenvalue weighted by Gasteiger charge is -2.32. The molecule has 0 bridgehead atoms. The van der Waals surface area contributed by atoms with Gasteiger partial charge in [0.25, 0.3) is 5.91 Å². The zero-order valence-corrected chi connectivity index (χ0v) is 11.6. The summed E-state index contributed by atoms with van der Waals surface area (Å²) in [6, 6.07) is 0.444. The van der Waals surface area contributed by atoms with Gasteiger partial charge in [0, 0.05) is 19.6 Å². The maximum atomic E-state index is 11.9. The number of likely N-dealkylation sites (N-methyl/N-ethyl adjacent to an activating group) is 1. The molecule has 1 aromatic heterocycles. The number of aromatic nitrogens is 2. The largest absolute Gasteiger partial charge is 0.363 e. The summed E-state index contributed by atoms with van der Waals surface area (Å²) in [7, 11) is 3.87. The van der Waals surface area contributed by atoms with Crippen molar-refractivity contribution in [2.24, 2.45) is 0 Å². The van der Waals surface area contributed by atoms with E-state index >= 15 is 0 Å². The summed E-state index contributed by atoms with van der Waals surface area (Å²) in [5, 5.41) is 14.6. The van der Waals surface area contributed by atoms with Gasteiger partial charge < -0.3 is 15.5 Å². The number of nitrogens with zero attached hydrogens (tertiary/aromatic N) is 3. The molecule has 1 aliphatic heterocycles. The van der Waals surface area contributed by atoms with Crippen LogP contribution in [0.15, 0.2) is 0 Å². The fraction of sp³-hybridized carbons (Fsp3) is 0.727. The van der Waals surface area contributed by atoms with Crippen LogP contribution in [-0.4, -0.2) is 54.2 Å². The van der Waals surface area contributed by atoms with Gasteiger partial charge in [-0.05, 0) is 26.4 Å². The Balaban J connectivity index is 1.84. The predicted octanol–water partition coefficient (Wildman–Crippen LogP) is 0.794. The first-order valence-electron chi connectivity index (χ1n) is 6.20. The average molecular weight is 269 g/mol. The molecule has 1 saturated heterocycles. The molecule has 18 heavy (non-hydrogen) atoms. The van der Waals surface area contributed by atoms with Crippen molar-refractivity contribution in [2.45, 2.75) is 25.3 Å². The number of rotatable bonds is 4. The molecule has 2 rings (SSSR count). The van der Waals surface area contributed by atoms with Gasteiger partial charge in [-0.1, -0.05) is 17.8 Å². The van der Waals surface area contributed by atoms with E-state index in [4.69, 9.17) is 0 Å². The van der Waals surface area contributed by atoms with Gasteiger partial charge in [-0.15, -0.1) is 10.2 Å². The van der Waals surface area contributed by atoms with Crippen molar-refractivity contribution in [1.29, 1.82) is 0 Å². The molecular formula is C11H19N5OS. The second-order valence-corrected chi connectivity index (χ2v) is 5.48. The molecule has 2 N–H and O–H groups in total. The van der Waals surface area contributed by atoms with E-state index in [-0.39, 0.29) is 5.91 Å². The highest BCUT2D eigenvalue weighted by Crippen LogP contribution is 2.16. The lowest BCUT2D eigenvalue weighted by Crippen LogP contribution is -2.44. The number of amides is 1. The fourth-order valence-electron chi connectivity index (χ4n) is 2.10. The highest BCUT2D eigenvalue weighted by molar-refractivity contribution is 7.17. The molecule has 0 saturated carbocycles. The summed E-state index contributed by atoms with van der Waals surface area (Å²) >= 11 is 1.27. The Morgan fingerprint density at radius 2 is 2.33 bits per heavy atom. The Morgan fingerprint density at radius 3 is 3.00 bits per heavy atom. The number of likely N-dealkylation sites (tertiary alicyclic amines) is 1. The summed E-state index contributed by atoms with van der Waals surface area (Å²) < 4.78 is 0. The van der Waals surface area contributed by atoms with Crippen molar-refractivity contribution in [1.82, 2.24) is 20.4 Å². The Morgan fingerprint density at radius 1 is 1.50 bits per heavy atom. The summed E-state index contributed by atoms with van der Waals surface area (Å²) in [6.45, 7) is 1.80. The third-order valence-electron chi connectivity index (χ3n) is 3.25. The van der Waals surface area contributed by atoms with E-state index in [0.29, 0.717) is 22.7 Å². The number of piperidine rings is 1. The molecule has 1 unspecified atom stereocenters. The standard InChI is InChI=1S/C11H19N5OS/c1-12-11-15-14-10(18-11)9(17)13-7-8-5-3-4-6-16(8)2/h8H,3-7H2,1-2H3,(H,12,15)(H,13,17). The fourth-order valence-corrected chi connectivity index (χ4v) is 2.72. The van der Waals surface area contributed by atoms with E-state index in [0.717, 1.165) is 13.0 Å². The van der Waals surface area contributed by atoms with Crippen molar-refractivity contribution in [3.63, 3.8) is 0 Å². The molecular weight excluding hydrogens is 250 g/mol. The van der Waals surface area contributed by atoms with E-state index in [1.165, 1.54) is 24.2 Å². The number of carbonyl (C=O) groups is 1. The first kappa shape index (κ1) is 13.2. The number of anilines is 1. The molecule has 1 aliphatic rings. The minimum atomic E-state index is -0.132. The molecule has 1 aromatic rings. The highest BCUT2D eigenvalue weighted by atomic mass is 32.1. The third kappa shape index (κ3) is 3.17. The van der Waals surface area contributed by atoms with E-state index < -0.39 is 0 Å². The Bertz CT molecular complexity index is 408. The summed E-state index contributed by atoms with van der Waals surface area (Å²) in [5.74, 6) is -0.132. The molecule has 1 amide bonds. The second-order valence-electron chi connectivity index (χ2n) is 4.50. The maximum absolute atomic E-state index is 11.9. The zero-order chi connectivity index (χ0) is 13.0. The molecule has 7 heteroatoms. The first-order chi connectivity index (χ1) is 8.70. The van der Waals surface area contributed by atoms with Crippen LogP contribution in [0.2, 0.25) is 0 Å². The summed E-state index contributed by atoms with van der Waals surface area (Å²) in [5.41, 5.74) is 0. The Labute approximate surface area is 111 Å². The number of carbonyl (C=O) groups excluding carboxylic acids is 1. The van der Waals surface area contributed by atoms with Crippen LogP contribution >= 0.6 is 11.3 Å². The number of hydrogen-bond donors (Lipinski definition) is 2. The molecule has 100 valence electrons. The topological polar surface area (TPSA) is 70.1 Å². The zero-order valence-electron chi connectivity index (χ0n) is 10.8. The first-order valence-corrected chi connectivity index (χ1v) is 7.02. The van der Waals surface area contributed by atoms with Crippen molar-refractivity contribution in [3.05, 3.63) is 5.01 Å². The van der Waals surface area contributed by atoms with Gasteiger partial charge in [-0.3, -0.25) is 4.79 Å². The number of nitrogens with one attached hydrogen (secondary N) is 2. The van der Waals surface area contributed by atoms with Crippen LogP contribution in [-0.2, 0) is 0 Å². The lowest BCUT2D eigenvalue weighted by atomic mass is 10.0. The molecule has 2 heterocycles. The van der Waals surface area contributed by atoms with Crippen LogP contribution in [0.5, 0.6) is 0 Å². The molecule has 1 atom stereocenters. The lowest BCUT2D eigenvalue weighted by molar-refractivity contribution is 0.0927. The molecule has 0 spiro atoms. The van der Waals surface area contributed by atoms with Crippen molar-refractivity contribution in [3.8, 4) is 0 Å². The molecule has 6 nitrogen and oxygen atoms in total. The van der Waals surface area contributed by atoms with Crippen molar-refractivity contribution < 1.29 is 4.79 Å². The van der Waals surface area contributed by atoms with Gasteiger partial charge in [0.05, 0.1) is 0 Å². The van der Waals surface area contributed by atoms with Gasteiger partial charge in [0.15, 0.2) is 0 Å². The van der Waals surface area contributed by atoms with Gasteiger partial charge in [-0.25, -0.2) is 0 Å². The van der Waals surface area contributed by atoms with Gasteiger partial charge in [-0.2, -0.15) is 0 Å². The molecule has 0 aromatic carbocycles. The Kier molecular flexibility index (Phi) is 4.48. The SMILES string of the molecule is CNc1nnc(C(=O)NCC2CCCCN2C)s1. The van der Waals surface area contributed by atoms with Crippen LogP contribution in [0.1, 0.15) is 29.1 Å². The van der Waals surface area contributed by atoms with Crippen LogP contribution in [0.3, 0.4) is 0 Å². The third-order valence-corrected chi connectivity index (χ3v) is 4.19. The molecule has 0 radical (unpaired) electrons. The smallest absolute Gasteiger partial charge is 0.282 e. The predicted molar refractivity (Wildman–Crippen MR) is 72.1 cm³/mol. The summed E-state index contributed by atoms with van der Waals surface area (Å²) in [4.78, 5) is 14.2. The minimum Gasteiger partial charge on any atom is -0.363 e.